The van der Waals surface area contributed by atoms with E-state index in [4.69, 9.17) is 4.74 Å². The van der Waals surface area contributed by atoms with Gasteiger partial charge in [-0.3, -0.25) is 14.4 Å². The van der Waals surface area contributed by atoms with Gasteiger partial charge in [-0.25, -0.2) is 0 Å². The van der Waals surface area contributed by atoms with E-state index in [2.05, 4.69) is 33.2 Å². The third-order valence-electron chi connectivity index (χ3n) is 4.00. The number of carbonyl (C=O) groups is 3. The van der Waals surface area contributed by atoms with Crippen LogP contribution in [0.4, 0.5) is 0 Å². The summed E-state index contributed by atoms with van der Waals surface area (Å²) < 4.78 is 5.77. The number of ether oxygens (including phenoxy) is 1. The summed E-state index contributed by atoms with van der Waals surface area (Å²) in [6, 6.07) is 5.86. The van der Waals surface area contributed by atoms with E-state index in [9.17, 15) is 14.4 Å². The van der Waals surface area contributed by atoms with Gasteiger partial charge < -0.3 is 15.4 Å². The number of halogens is 1. The van der Waals surface area contributed by atoms with Crippen molar-refractivity contribution in [1.82, 2.24) is 10.6 Å². The minimum Gasteiger partial charge on any atom is -0.469 e. The Morgan fingerprint density at radius 2 is 1.62 bits per heavy atom. The van der Waals surface area contributed by atoms with Crippen LogP contribution in [0, 0.1) is 8.99 Å². The van der Waals surface area contributed by atoms with Gasteiger partial charge in [-0.2, -0.15) is 0 Å². The van der Waals surface area contributed by atoms with E-state index in [-0.39, 0.29) is 11.8 Å². The van der Waals surface area contributed by atoms with E-state index in [0.29, 0.717) is 5.56 Å². The smallest absolute Gasteiger partial charge is 0.313 e. The largest absolute Gasteiger partial charge is 0.469 e. The molecule has 1 rings (SSSR count). The highest BCUT2D eigenvalue weighted by Crippen LogP contribution is 2.22. The number of carbonyl (C=O) groups excluding carboxylic acids is 3. The van der Waals surface area contributed by atoms with Gasteiger partial charge in [-0.1, -0.05) is 0 Å². The van der Waals surface area contributed by atoms with Crippen LogP contribution in [-0.2, 0) is 14.3 Å². The molecule has 0 heterocycles. The summed E-state index contributed by atoms with van der Waals surface area (Å²) >= 11 is 2.15. The molecular weight excluding hydrogens is 423 g/mol. The molecular formula is C17H23IN2O4. The Bertz CT molecular complexity index is 614. The molecule has 6 nitrogen and oxygen atoms in total. The molecule has 0 radical (unpaired) electrons. The first-order valence-electron chi connectivity index (χ1n) is 7.54. The number of hydrogen-bond acceptors (Lipinski definition) is 4. The van der Waals surface area contributed by atoms with Crippen LogP contribution in [0.3, 0.4) is 0 Å². The predicted molar refractivity (Wildman–Crippen MR) is 99.5 cm³/mol. The summed E-state index contributed by atoms with van der Waals surface area (Å²) in [6.07, 6.45) is 0. The van der Waals surface area contributed by atoms with E-state index in [1.165, 1.54) is 7.11 Å². The van der Waals surface area contributed by atoms with E-state index in [0.717, 1.165) is 3.57 Å². The number of hydrogen-bond donors (Lipinski definition) is 2. The fourth-order valence-corrected chi connectivity index (χ4v) is 2.27. The normalized spacial score (nSPS) is 13.6. The van der Waals surface area contributed by atoms with E-state index in [1.54, 1.807) is 39.8 Å². The first-order valence-corrected chi connectivity index (χ1v) is 8.62. The number of esters is 1. The highest BCUT2D eigenvalue weighted by atomic mass is 127. The molecule has 0 aromatic heterocycles. The number of rotatable bonds is 6. The second-order valence-corrected chi connectivity index (χ2v) is 7.39. The molecule has 0 saturated heterocycles. The third-order valence-corrected chi connectivity index (χ3v) is 4.72. The molecule has 7 heteroatoms. The van der Waals surface area contributed by atoms with Crippen molar-refractivity contribution in [3.8, 4) is 0 Å². The standard InChI is InChI=1S/C17H23IN2O4/c1-10(19-15(22)12-6-8-13(18)9-7-12)14(21)20-11(2)17(3,4)16(23)24-5/h6-11H,1-5H3,(H,19,22)(H,20,21)/t10-,11-/m0/s1. The third kappa shape index (κ3) is 5.19. The lowest BCUT2D eigenvalue weighted by Crippen LogP contribution is -2.53. The fraction of sp³-hybridized carbons (Fsp3) is 0.471. The van der Waals surface area contributed by atoms with Gasteiger partial charge in [0, 0.05) is 15.2 Å². The van der Waals surface area contributed by atoms with Crippen molar-refractivity contribution in [3.63, 3.8) is 0 Å². The van der Waals surface area contributed by atoms with E-state index in [1.807, 2.05) is 12.1 Å². The van der Waals surface area contributed by atoms with Crippen molar-refractivity contribution in [3.05, 3.63) is 33.4 Å². The van der Waals surface area contributed by atoms with Gasteiger partial charge in [0.15, 0.2) is 0 Å². The molecule has 0 unspecified atom stereocenters. The molecule has 1 aromatic carbocycles. The van der Waals surface area contributed by atoms with Gasteiger partial charge in [-0.15, -0.1) is 0 Å². The molecule has 0 saturated carbocycles. The van der Waals surface area contributed by atoms with Gasteiger partial charge in [0.1, 0.15) is 6.04 Å². The summed E-state index contributed by atoms with van der Waals surface area (Å²) in [6.45, 7) is 6.71. The molecule has 0 aliphatic carbocycles. The molecule has 0 bridgehead atoms. The summed E-state index contributed by atoms with van der Waals surface area (Å²) in [7, 11) is 1.31. The van der Waals surface area contributed by atoms with Crippen LogP contribution in [0.25, 0.3) is 0 Å². The number of methoxy groups -OCH3 is 1. The van der Waals surface area contributed by atoms with Crippen LogP contribution in [0.1, 0.15) is 38.1 Å². The second kappa shape index (κ2) is 8.46. The first-order chi connectivity index (χ1) is 11.1. The quantitative estimate of drug-likeness (QED) is 0.518. The lowest BCUT2D eigenvalue weighted by Gasteiger charge is -2.30. The van der Waals surface area contributed by atoms with Crippen LogP contribution >= 0.6 is 22.6 Å². The molecule has 2 amide bonds. The van der Waals surface area contributed by atoms with Crippen molar-refractivity contribution in [2.75, 3.05) is 7.11 Å². The maximum Gasteiger partial charge on any atom is 0.313 e. The molecule has 0 aliphatic rings. The molecule has 2 N–H and O–H groups in total. The molecule has 2 atom stereocenters. The Morgan fingerprint density at radius 1 is 1.08 bits per heavy atom. The monoisotopic (exact) mass is 446 g/mol. The van der Waals surface area contributed by atoms with E-state index < -0.39 is 23.5 Å². The molecule has 24 heavy (non-hydrogen) atoms. The maximum absolute atomic E-state index is 12.3. The lowest BCUT2D eigenvalue weighted by molar-refractivity contribution is -0.152. The van der Waals surface area contributed by atoms with Crippen LogP contribution < -0.4 is 10.6 Å². The average molecular weight is 446 g/mol. The first kappa shape index (κ1) is 20.4. The summed E-state index contributed by atoms with van der Waals surface area (Å²) in [5, 5.41) is 5.39. The number of amides is 2. The van der Waals surface area contributed by atoms with Gasteiger partial charge in [-0.05, 0) is 74.6 Å². The molecule has 0 aliphatic heterocycles. The maximum atomic E-state index is 12.3. The number of benzene rings is 1. The minimum absolute atomic E-state index is 0.325. The van der Waals surface area contributed by atoms with Crippen LogP contribution in [-0.4, -0.2) is 37.0 Å². The molecule has 0 spiro atoms. The fourth-order valence-electron chi connectivity index (χ4n) is 1.91. The van der Waals surface area contributed by atoms with Gasteiger partial charge in [0.25, 0.3) is 5.91 Å². The van der Waals surface area contributed by atoms with Gasteiger partial charge in [0.2, 0.25) is 5.91 Å². The van der Waals surface area contributed by atoms with Gasteiger partial charge >= 0.3 is 5.97 Å². The van der Waals surface area contributed by atoms with Gasteiger partial charge in [0.05, 0.1) is 12.5 Å². The molecule has 132 valence electrons. The minimum atomic E-state index is -0.871. The van der Waals surface area contributed by atoms with Crippen molar-refractivity contribution in [1.29, 1.82) is 0 Å². The van der Waals surface area contributed by atoms with Crippen molar-refractivity contribution in [2.45, 2.75) is 39.8 Å². The summed E-state index contributed by atoms with van der Waals surface area (Å²) in [5.74, 6) is -1.10. The zero-order valence-corrected chi connectivity index (χ0v) is 16.6. The predicted octanol–water partition coefficient (Wildman–Crippen LogP) is 2.11. The molecule has 0 fully saturated rings. The number of nitrogens with one attached hydrogen (secondary N) is 2. The lowest BCUT2D eigenvalue weighted by atomic mass is 9.85. The molecule has 1 aromatic rings. The highest BCUT2D eigenvalue weighted by Gasteiger charge is 2.36. The van der Waals surface area contributed by atoms with Crippen molar-refractivity contribution >= 4 is 40.4 Å². The Kier molecular flexibility index (Phi) is 7.19. The Labute approximate surface area is 155 Å². The summed E-state index contributed by atoms with van der Waals surface area (Å²) in [4.78, 5) is 36.2. The Balaban J connectivity index is 2.66. The Hall–Kier alpha value is -1.64. The summed E-state index contributed by atoms with van der Waals surface area (Å²) in [5.41, 5.74) is -0.387. The topological polar surface area (TPSA) is 84.5 Å². The SMILES string of the molecule is COC(=O)C(C)(C)[C@H](C)NC(=O)[C@H](C)NC(=O)c1ccc(I)cc1. The van der Waals surface area contributed by atoms with Crippen LogP contribution in [0.15, 0.2) is 24.3 Å². The average Bonchev–Trinajstić information content (AvgIpc) is 2.54. The van der Waals surface area contributed by atoms with Crippen molar-refractivity contribution < 1.29 is 19.1 Å². The zero-order chi connectivity index (χ0) is 18.5. The van der Waals surface area contributed by atoms with Crippen LogP contribution in [0.5, 0.6) is 0 Å². The second-order valence-electron chi connectivity index (χ2n) is 6.15. The van der Waals surface area contributed by atoms with E-state index >= 15 is 0 Å². The van der Waals surface area contributed by atoms with Crippen molar-refractivity contribution in [2.24, 2.45) is 5.41 Å². The van der Waals surface area contributed by atoms with Crippen LogP contribution in [0.2, 0.25) is 0 Å². The zero-order valence-electron chi connectivity index (χ0n) is 14.5. The Morgan fingerprint density at radius 3 is 2.12 bits per heavy atom. The highest BCUT2D eigenvalue weighted by molar-refractivity contribution is 14.1.